The van der Waals surface area contributed by atoms with Gasteiger partial charge in [-0.2, -0.15) is 0 Å². The Kier molecular flexibility index (Phi) is 7.75. The summed E-state index contributed by atoms with van der Waals surface area (Å²) >= 11 is 0. The highest BCUT2D eigenvalue weighted by Gasteiger charge is 2.38. The van der Waals surface area contributed by atoms with Gasteiger partial charge in [-0.3, -0.25) is 14.4 Å². The summed E-state index contributed by atoms with van der Waals surface area (Å²) in [4.78, 5) is 62.5. The average molecular weight is 471 g/mol. The van der Waals surface area contributed by atoms with Crippen LogP contribution in [0.25, 0.3) is 0 Å². The molecule has 11 nitrogen and oxygen atoms in total. The van der Waals surface area contributed by atoms with Gasteiger partial charge in [0.2, 0.25) is 0 Å². The summed E-state index contributed by atoms with van der Waals surface area (Å²) in [6, 6.07) is 5.15. The lowest BCUT2D eigenvalue weighted by atomic mass is 9.83. The minimum atomic E-state index is -1.90. The van der Waals surface area contributed by atoms with Gasteiger partial charge in [0.25, 0.3) is 11.8 Å². The van der Waals surface area contributed by atoms with Crippen LogP contribution in [0.15, 0.2) is 18.2 Å². The van der Waals surface area contributed by atoms with E-state index < -0.39 is 69.1 Å². The maximum atomic E-state index is 12.7. The molecule has 0 saturated carbocycles. The molecule has 2 aromatic carbocycles. The van der Waals surface area contributed by atoms with E-state index in [1.807, 2.05) is 6.07 Å². The molecule has 0 bridgehead atoms. The van der Waals surface area contributed by atoms with Crippen LogP contribution in [-0.4, -0.2) is 59.0 Å². The second kappa shape index (κ2) is 10.1. The molecule has 11 heteroatoms. The number of rotatable bonds is 8. The normalized spacial score (nSPS) is 11.4. The van der Waals surface area contributed by atoms with Crippen LogP contribution in [-0.2, 0) is 0 Å². The maximum absolute atomic E-state index is 12.7. The molecule has 0 radical (unpaired) electrons. The van der Waals surface area contributed by atoms with Crippen molar-refractivity contribution in [3.8, 4) is 0 Å². The van der Waals surface area contributed by atoms with Crippen LogP contribution in [0.5, 0.6) is 0 Å². The Labute approximate surface area is 194 Å². The molecule has 0 fully saturated rings. The number of anilines is 1. The van der Waals surface area contributed by atoms with Gasteiger partial charge < -0.3 is 31.3 Å². The van der Waals surface area contributed by atoms with E-state index in [2.05, 4.69) is 16.0 Å². The van der Waals surface area contributed by atoms with Crippen molar-refractivity contribution in [1.82, 2.24) is 10.6 Å². The average Bonchev–Trinajstić information content (AvgIpc) is 2.74. The predicted molar refractivity (Wildman–Crippen MR) is 122 cm³/mol. The molecule has 0 aliphatic heterocycles. The van der Waals surface area contributed by atoms with Crippen LogP contribution in [0.3, 0.4) is 0 Å². The highest BCUT2D eigenvalue weighted by molar-refractivity contribution is 6.21. The van der Waals surface area contributed by atoms with Crippen molar-refractivity contribution in [2.24, 2.45) is 0 Å². The first-order valence-corrected chi connectivity index (χ1v) is 10.0. The van der Waals surface area contributed by atoms with Crippen LogP contribution >= 0.6 is 0 Å². The van der Waals surface area contributed by atoms with E-state index in [0.29, 0.717) is 5.69 Å². The van der Waals surface area contributed by atoms with Gasteiger partial charge in [-0.1, -0.05) is 6.07 Å². The number of amides is 2. The molecule has 0 aromatic heterocycles. The molecule has 34 heavy (non-hydrogen) atoms. The number of Topliss-reactive ketones (excluding diaryl/α,β-unsaturated/α-hetero) is 1. The lowest BCUT2D eigenvalue weighted by Crippen LogP contribution is -2.34. The molecule has 0 spiro atoms. The quantitative estimate of drug-likeness (QED) is 0.247. The van der Waals surface area contributed by atoms with Gasteiger partial charge in [-0.05, 0) is 44.0 Å². The lowest BCUT2D eigenvalue weighted by molar-refractivity contribution is 0.0677. The van der Waals surface area contributed by atoms with E-state index in [1.54, 1.807) is 26.0 Å². The Hall–Kier alpha value is -4.25. The third-order valence-electron chi connectivity index (χ3n) is 5.03. The zero-order valence-corrected chi connectivity index (χ0v) is 19.2. The second-order valence-corrected chi connectivity index (χ2v) is 7.54. The number of hydrogen-bond donors (Lipinski definition) is 6. The van der Waals surface area contributed by atoms with Crippen molar-refractivity contribution < 1.29 is 39.3 Å². The topological polar surface area (TPSA) is 182 Å². The number of ketones is 1. The Bertz CT molecular complexity index is 1140. The molecule has 2 amide bonds. The molecular weight excluding hydrogens is 446 g/mol. The number of aliphatic hydroxyl groups excluding tert-OH is 1. The van der Waals surface area contributed by atoms with Crippen molar-refractivity contribution in [2.75, 3.05) is 19.4 Å². The Morgan fingerprint density at radius 3 is 1.56 bits per heavy atom. The summed E-state index contributed by atoms with van der Waals surface area (Å²) in [7, 11) is 2.31. The van der Waals surface area contributed by atoms with Gasteiger partial charge in [0, 0.05) is 30.9 Å². The molecule has 0 aliphatic carbocycles. The van der Waals surface area contributed by atoms with Gasteiger partial charge in [0.05, 0.1) is 22.3 Å². The molecule has 0 saturated heterocycles. The second-order valence-electron chi connectivity index (χ2n) is 7.54. The molecule has 1 atom stereocenters. The van der Waals surface area contributed by atoms with Crippen molar-refractivity contribution >= 4 is 35.2 Å². The van der Waals surface area contributed by atoms with Crippen LogP contribution < -0.4 is 16.0 Å². The fourth-order valence-corrected chi connectivity index (χ4v) is 3.84. The molecule has 180 valence electrons. The zero-order valence-electron chi connectivity index (χ0n) is 19.2. The highest BCUT2D eigenvalue weighted by atomic mass is 16.4. The maximum Gasteiger partial charge on any atom is 0.337 e. The summed E-state index contributed by atoms with van der Waals surface area (Å²) in [5.41, 5.74) is -2.74. The standard InChI is InChI=1S/C23H25N3O8/c1-9-6-10(2)8-12(7-9)26-21(30)15-13(11(3)27)14(19(28)24-4)17(22(31)32)16(20(29)25-5)18(15)23(33)34/h6-8,21,26,30H,1-5H3,(H,24,28)(H,25,29)(H,31,32)(H,33,34). The lowest BCUT2D eigenvalue weighted by Gasteiger charge is -2.25. The number of carboxylic acid groups (broad SMARTS) is 2. The number of aryl methyl sites for hydroxylation is 2. The summed E-state index contributed by atoms with van der Waals surface area (Å²) in [5, 5.41) is 37.9. The molecule has 0 heterocycles. The van der Waals surface area contributed by atoms with E-state index >= 15 is 0 Å². The summed E-state index contributed by atoms with van der Waals surface area (Å²) in [5.74, 6) is -6.64. The van der Waals surface area contributed by atoms with E-state index in [4.69, 9.17) is 0 Å². The Balaban J connectivity index is 3.09. The zero-order chi connectivity index (χ0) is 25.9. The molecular formula is C23H25N3O8. The van der Waals surface area contributed by atoms with E-state index in [-0.39, 0.29) is 0 Å². The summed E-state index contributed by atoms with van der Waals surface area (Å²) in [6.07, 6.45) is -1.90. The van der Waals surface area contributed by atoms with Crippen molar-refractivity contribution in [2.45, 2.75) is 27.0 Å². The van der Waals surface area contributed by atoms with Gasteiger partial charge in [-0.25, -0.2) is 9.59 Å². The highest BCUT2D eigenvalue weighted by Crippen LogP contribution is 2.34. The van der Waals surface area contributed by atoms with Gasteiger partial charge >= 0.3 is 11.9 Å². The number of carbonyl (C=O) groups is 5. The molecule has 2 rings (SSSR count). The van der Waals surface area contributed by atoms with E-state index in [0.717, 1.165) is 25.1 Å². The predicted octanol–water partition coefficient (Wildman–Crippen LogP) is 1.72. The fraction of sp³-hybridized carbons (Fsp3) is 0.261. The van der Waals surface area contributed by atoms with Crippen molar-refractivity contribution in [3.05, 3.63) is 62.7 Å². The minimum absolute atomic E-state index is 0.362. The first-order valence-electron chi connectivity index (χ1n) is 10.0. The first kappa shape index (κ1) is 26.0. The molecule has 2 aromatic rings. The van der Waals surface area contributed by atoms with Gasteiger partial charge in [-0.15, -0.1) is 0 Å². The third-order valence-corrected chi connectivity index (χ3v) is 5.03. The summed E-state index contributed by atoms with van der Waals surface area (Å²) < 4.78 is 0. The SMILES string of the molecule is CNC(=O)c1c(C(=O)O)c(C(=O)NC)c(C(=O)O)c(C(O)Nc2cc(C)cc(C)c2)c1C(C)=O. The number of carbonyl (C=O) groups excluding carboxylic acids is 3. The fourth-order valence-electron chi connectivity index (χ4n) is 3.84. The van der Waals surface area contributed by atoms with Crippen molar-refractivity contribution in [1.29, 1.82) is 0 Å². The van der Waals surface area contributed by atoms with Crippen molar-refractivity contribution in [3.63, 3.8) is 0 Å². The Morgan fingerprint density at radius 2 is 1.18 bits per heavy atom. The number of benzene rings is 2. The number of aliphatic hydroxyl groups is 1. The van der Waals surface area contributed by atoms with Gasteiger partial charge in [0.15, 0.2) is 12.0 Å². The minimum Gasteiger partial charge on any atom is -0.478 e. The number of aromatic carboxylic acids is 2. The molecule has 1 unspecified atom stereocenters. The number of carboxylic acids is 2. The third kappa shape index (κ3) is 4.89. The van der Waals surface area contributed by atoms with Crippen LogP contribution in [0, 0.1) is 13.8 Å². The Morgan fingerprint density at radius 1 is 0.735 bits per heavy atom. The van der Waals surface area contributed by atoms with E-state index in [9.17, 15) is 39.3 Å². The first-order chi connectivity index (χ1) is 15.8. The van der Waals surface area contributed by atoms with Crippen LogP contribution in [0.1, 0.15) is 81.6 Å². The van der Waals surface area contributed by atoms with Crippen LogP contribution in [0.2, 0.25) is 0 Å². The number of nitrogens with one attached hydrogen (secondary N) is 3. The van der Waals surface area contributed by atoms with Crippen LogP contribution in [0.4, 0.5) is 5.69 Å². The summed E-state index contributed by atoms with van der Waals surface area (Å²) in [6.45, 7) is 4.58. The van der Waals surface area contributed by atoms with E-state index in [1.165, 1.54) is 7.05 Å². The molecule has 6 N–H and O–H groups in total. The smallest absolute Gasteiger partial charge is 0.337 e. The monoisotopic (exact) mass is 471 g/mol. The van der Waals surface area contributed by atoms with Gasteiger partial charge in [0.1, 0.15) is 0 Å². The molecule has 0 aliphatic rings. The largest absolute Gasteiger partial charge is 0.478 e. The number of hydrogen-bond acceptors (Lipinski definition) is 7.